The van der Waals surface area contributed by atoms with Crippen LogP contribution in [0, 0.1) is 6.92 Å². The Labute approximate surface area is 128 Å². The van der Waals surface area contributed by atoms with E-state index in [1.165, 1.54) is 5.56 Å². The van der Waals surface area contributed by atoms with Crippen LogP contribution in [0.25, 0.3) is 0 Å². The fraction of sp³-hybridized carbons (Fsp3) is 0.556. The Hall–Kier alpha value is -1.32. The molecule has 0 spiro atoms. The molecule has 1 aromatic carbocycles. The van der Waals surface area contributed by atoms with Crippen LogP contribution in [0.2, 0.25) is 0 Å². The molecule has 0 amide bonds. The van der Waals surface area contributed by atoms with Crippen LogP contribution in [-0.4, -0.2) is 41.8 Å². The Morgan fingerprint density at radius 3 is 2.62 bits per heavy atom. The Balaban J connectivity index is 1.70. The van der Waals surface area contributed by atoms with Crippen molar-refractivity contribution >= 4 is 0 Å². The lowest BCUT2D eigenvalue weighted by Gasteiger charge is -2.33. The second-order valence-electron chi connectivity index (χ2n) is 5.95. The minimum atomic E-state index is -0.238. The molecule has 2 rings (SSSR count). The molecule has 1 heterocycles. The van der Waals surface area contributed by atoms with Crippen LogP contribution in [0.3, 0.4) is 0 Å². The average molecular weight is 289 g/mol. The zero-order valence-corrected chi connectivity index (χ0v) is 13.0. The van der Waals surface area contributed by atoms with E-state index in [1.54, 1.807) is 0 Å². The summed E-state index contributed by atoms with van der Waals surface area (Å²) in [5, 5.41) is 9.94. The van der Waals surface area contributed by atoms with Crippen molar-refractivity contribution in [3.63, 3.8) is 0 Å². The van der Waals surface area contributed by atoms with Gasteiger partial charge in [0.2, 0.25) is 0 Å². The minimum absolute atomic E-state index is 0.238. The summed E-state index contributed by atoms with van der Waals surface area (Å²) in [5.41, 5.74) is 1.26. The van der Waals surface area contributed by atoms with E-state index in [0.717, 1.165) is 51.1 Å². The molecule has 1 fully saturated rings. The number of benzene rings is 1. The number of piperidine rings is 1. The summed E-state index contributed by atoms with van der Waals surface area (Å²) in [5.74, 6) is 0.963. The number of aliphatic hydroxyl groups excluding tert-OH is 1. The second-order valence-corrected chi connectivity index (χ2v) is 5.95. The molecule has 1 aromatic rings. The minimum Gasteiger partial charge on any atom is -0.490 e. The summed E-state index contributed by atoms with van der Waals surface area (Å²) in [6, 6.07) is 8.25. The van der Waals surface area contributed by atoms with Crippen molar-refractivity contribution in [2.75, 3.05) is 19.6 Å². The van der Waals surface area contributed by atoms with Crippen LogP contribution >= 0.6 is 0 Å². The van der Waals surface area contributed by atoms with Crippen LogP contribution < -0.4 is 4.74 Å². The van der Waals surface area contributed by atoms with E-state index in [2.05, 4.69) is 30.5 Å². The quantitative estimate of drug-likeness (QED) is 0.783. The van der Waals surface area contributed by atoms with Gasteiger partial charge in [-0.25, -0.2) is 0 Å². The molecule has 21 heavy (non-hydrogen) atoms. The predicted molar refractivity (Wildman–Crippen MR) is 86.7 cm³/mol. The molecule has 1 aliphatic rings. The number of β-amino-alcohol motifs (C(OH)–C–C–N with tert-alkyl or cyclic N) is 1. The Bertz CT molecular complexity index is 421. The van der Waals surface area contributed by atoms with Crippen molar-refractivity contribution in [1.82, 2.24) is 4.90 Å². The van der Waals surface area contributed by atoms with Gasteiger partial charge in [-0.15, -0.1) is 6.58 Å². The van der Waals surface area contributed by atoms with Crippen LogP contribution in [-0.2, 0) is 0 Å². The molecule has 3 nitrogen and oxygen atoms in total. The highest BCUT2D eigenvalue weighted by atomic mass is 16.5. The zero-order chi connectivity index (χ0) is 15.1. The third-order valence-electron chi connectivity index (χ3n) is 4.03. The molecule has 0 aromatic heterocycles. The van der Waals surface area contributed by atoms with Gasteiger partial charge in [-0.3, -0.25) is 0 Å². The first-order valence-corrected chi connectivity index (χ1v) is 7.92. The van der Waals surface area contributed by atoms with Gasteiger partial charge in [0.15, 0.2) is 0 Å². The van der Waals surface area contributed by atoms with Crippen LogP contribution in [0.5, 0.6) is 5.75 Å². The summed E-state index contributed by atoms with van der Waals surface area (Å²) in [7, 11) is 0. The lowest BCUT2D eigenvalue weighted by Crippen LogP contribution is -2.41. The highest BCUT2D eigenvalue weighted by molar-refractivity contribution is 5.26. The number of hydrogen-bond acceptors (Lipinski definition) is 3. The third kappa shape index (κ3) is 5.52. The van der Waals surface area contributed by atoms with E-state index in [0.29, 0.717) is 6.10 Å². The lowest BCUT2D eigenvalue weighted by molar-refractivity contribution is 0.0586. The molecular formula is C18H27NO2. The molecule has 0 bridgehead atoms. The Morgan fingerprint density at radius 1 is 1.33 bits per heavy atom. The molecule has 1 N–H and O–H groups in total. The molecule has 3 heteroatoms. The number of hydrogen-bond donors (Lipinski definition) is 1. The van der Waals surface area contributed by atoms with Crippen molar-refractivity contribution in [3.8, 4) is 5.75 Å². The summed E-state index contributed by atoms with van der Waals surface area (Å²) in [4.78, 5) is 2.34. The number of likely N-dealkylation sites (tertiary alicyclic amines) is 1. The van der Waals surface area contributed by atoms with E-state index < -0.39 is 0 Å². The van der Waals surface area contributed by atoms with E-state index in [4.69, 9.17) is 4.74 Å². The van der Waals surface area contributed by atoms with Gasteiger partial charge >= 0.3 is 0 Å². The molecule has 0 saturated carbocycles. The van der Waals surface area contributed by atoms with Crippen molar-refractivity contribution < 1.29 is 9.84 Å². The number of ether oxygens (including phenoxy) is 1. The largest absolute Gasteiger partial charge is 0.490 e. The summed E-state index contributed by atoms with van der Waals surface area (Å²) in [6.45, 7) is 8.55. The van der Waals surface area contributed by atoms with Crippen LogP contribution in [0.4, 0.5) is 0 Å². The summed E-state index contributed by atoms with van der Waals surface area (Å²) >= 11 is 0. The smallest absolute Gasteiger partial charge is 0.119 e. The van der Waals surface area contributed by atoms with Gasteiger partial charge in [0.1, 0.15) is 11.9 Å². The molecule has 1 unspecified atom stereocenters. The maximum absolute atomic E-state index is 9.94. The molecule has 0 radical (unpaired) electrons. The Kier molecular flexibility index (Phi) is 6.27. The fourth-order valence-electron chi connectivity index (χ4n) is 2.72. The normalized spacial score (nSPS) is 18.4. The average Bonchev–Trinajstić information content (AvgIpc) is 2.49. The van der Waals surface area contributed by atoms with E-state index in [9.17, 15) is 5.11 Å². The maximum atomic E-state index is 9.94. The predicted octanol–water partition coefficient (Wildman–Crippen LogP) is 3.17. The second kappa shape index (κ2) is 8.20. The molecule has 1 aliphatic heterocycles. The SMILES string of the molecule is C=CCCC(O)CN1CCC(Oc2ccc(C)cc2)CC1. The first kappa shape index (κ1) is 16.1. The van der Waals surface area contributed by atoms with Gasteiger partial charge in [0, 0.05) is 19.6 Å². The van der Waals surface area contributed by atoms with Gasteiger partial charge in [0.05, 0.1) is 6.10 Å². The van der Waals surface area contributed by atoms with Crippen molar-refractivity contribution in [2.45, 2.75) is 44.8 Å². The summed E-state index contributed by atoms with van der Waals surface area (Å²) in [6.07, 6.45) is 5.68. The number of nitrogens with zero attached hydrogens (tertiary/aromatic N) is 1. The van der Waals surface area contributed by atoms with Gasteiger partial charge in [-0.05, 0) is 44.7 Å². The van der Waals surface area contributed by atoms with Gasteiger partial charge in [-0.1, -0.05) is 23.8 Å². The van der Waals surface area contributed by atoms with E-state index >= 15 is 0 Å². The highest BCUT2D eigenvalue weighted by Crippen LogP contribution is 2.19. The Morgan fingerprint density at radius 2 is 2.00 bits per heavy atom. The first-order valence-electron chi connectivity index (χ1n) is 7.92. The van der Waals surface area contributed by atoms with Crippen molar-refractivity contribution in [3.05, 3.63) is 42.5 Å². The number of allylic oxidation sites excluding steroid dienone is 1. The third-order valence-corrected chi connectivity index (χ3v) is 4.03. The maximum Gasteiger partial charge on any atom is 0.119 e. The van der Waals surface area contributed by atoms with Crippen molar-refractivity contribution in [2.24, 2.45) is 0 Å². The monoisotopic (exact) mass is 289 g/mol. The van der Waals surface area contributed by atoms with E-state index in [1.807, 2.05) is 18.2 Å². The number of aliphatic hydroxyl groups is 1. The first-order chi connectivity index (χ1) is 10.2. The van der Waals surface area contributed by atoms with Gasteiger partial charge in [-0.2, -0.15) is 0 Å². The topological polar surface area (TPSA) is 32.7 Å². The molecule has 0 aliphatic carbocycles. The fourth-order valence-corrected chi connectivity index (χ4v) is 2.72. The lowest BCUT2D eigenvalue weighted by atomic mass is 10.1. The van der Waals surface area contributed by atoms with Crippen molar-refractivity contribution in [1.29, 1.82) is 0 Å². The summed E-state index contributed by atoms with van der Waals surface area (Å²) < 4.78 is 6.03. The zero-order valence-electron chi connectivity index (χ0n) is 13.0. The molecule has 1 atom stereocenters. The van der Waals surface area contributed by atoms with E-state index in [-0.39, 0.29) is 6.10 Å². The number of aryl methyl sites for hydroxylation is 1. The molecule has 116 valence electrons. The number of rotatable bonds is 7. The van der Waals surface area contributed by atoms with Crippen LogP contribution in [0.1, 0.15) is 31.2 Å². The molecular weight excluding hydrogens is 262 g/mol. The highest BCUT2D eigenvalue weighted by Gasteiger charge is 2.21. The standard InChI is InChI=1S/C18H27NO2/c1-3-4-5-16(20)14-19-12-10-18(11-13-19)21-17-8-6-15(2)7-9-17/h3,6-9,16,18,20H,1,4-5,10-14H2,2H3. The van der Waals surface area contributed by atoms with Crippen LogP contribution in [0.15, 0.2) is 36.9 Å². The van der Waals surface area contributed by atoms with Gasteiger partial charge in [0.25, 0.3) is 0 Å². The molecule has 1 saturated heterocycles. The van der Waals surface area contributed by atoms with Gasteiger partial charge < -0.3 is 14.7 Å².